The Morgan fingerprint density at radius 1 is 0.905 bits per heavy atom. The van der Waals surface area contributed by atoms with Gasteiger partial charge in [0.25, 0.3) is 0 Å². The normalized spacial score (nSPS) is 22.1. The van der Waals surface area contributed by atoms with Crippen LogP contribution in [0.3, 0.4) is 0 Å². The van der Waals surface area contributed by atoms with Crippen LogP contribution in [0.25, 0.3) is 0 Å². The molecule has 1 aromatic rings. The van der Waals surface area contributed by atoms with Gasteiger partial charge in [-0.15, -0.1) is 0 Å². The summed E-state index contributed by atoms with van der Waals surface area (Å²) in [6.45, 7) is 4.71. The Kier molecular flexibility index (Phi) is 5.83. The van der Waals surface area contributed by atoms with E-state index >= 15 is 0 Å². The first-order valence-corrected chi connectivity index (χ1v) is 7.89. The van der Waals surface area contributed by atoms with E-state index in [1.165, 1.54) is 31.4 Å². The first-order valence-electron chi connectivity index (χ1n) is 7.89. The number of hydrogen-bond acceptors (Lipinski definition) is 2. The summed E-state index contributed by atoms with van der Waals surface area (Å²) < 4.78 is 38.1. The van der Waals surface area contributed by atoms with Gasteiger partial charge < -0.3 is 9.47 Å². The van der Waals surface area contributed by atoms with Crippen molar-refractivity contribution < 1.29 is 18.3 Å². The zero-order chi connectivity index (χ0) is 15.2. The highest BCUT2D eigenvalue weighted by Gasteiger charge is 2.22. The molecule has 118 valence electrons. The molecule has 2 rings (SSSR count). The Balaban J connectivity index is 1.90. The summed E-state index contributed by atoms with van der Waals surface area (Å²) >= 11 is 0. The number of rotatable bonds is 6. The van der Waals surface area contributed by atoms with Crippen LogP contribution in [0, 0.1) is 23.5 Å². The Hall–Kier alpha value is -1.32. The summed E-state index contributed by atoms with van der Waals surface area (Å²) in [5.41, 5.74) is 0. The van der Waals surface area contributed by atoms with E-state index in [0.717, 1.165) is 18.8 Å². The monoisotopic (exact) mass is 298 g/mol. The molecule has 0 saturated heterocycles. The van der Waals surface area contributed by atoms with Gasteiger partial charge in [-0.3, -0.25) is 0 Å². The summed E-state index contributed by atoms with van der Waals surface area (Å²) in [6, 6.07) is 2.87. The zero-order valence-corrected chi connectivity index (χ0v) is 12.8. The number of halogens is 2. The topological polar surface area (TPSA) is 18.5 Å². The first-order chi connectivity index (χ1) is 10.2. The minimum Gasteiger partial charge on any atom is -0.491 e. The van der Waals surface area contributed by atoms with Gasteiger partial charge in [-0.05, 0) is 43.7 Å². The molecule has 0 aliphatic heterocycles. The number of ether oxygens (including phenoxy) is 2. The molecule has 0 heterocycles. The highest BCUT2D eigenvalue weighted by molar-refractivity contribution is 5.35. The third-order valence-corrected chi connectivity index (χ3v) is 4.33. The van der Waals surface area contributed by atoms with Gasteiger partial charge in [-0.2, -0.15) is 8.78 Å². The van der Waals surface area contributed by atoms with Crippen LogP contribution < -0.4 is 9.47 Å². The Morgan fingerprint density at radius 2 is 1.43 bits per heavy atom. The van der Waals surface area contributed by atoms with Gasteiger partial charge in [0.1, 0.15) is 0 Å². The highest BCUT2D eigenvalue weighted by Crippen LogP contribution is 2.32. The molecule has 1 fully saturated rings. The van der Waals surface area contributed by atoms with Crippen molar-refractivity contribution in [2.45, 2.75) is 46.0 Å². The van der Waals surface area contributed by atoms with Gasteiger partial charge in [0, 0.05) is 0 Å². The van der Waals surface area contributed by atoms with Gasteiger partial charge in [-0.1, -0.05) is 26.2 Å². The van der Waals surface area contributed by atoms with E-state index in [4.69, 9.17) is 9.47 Å². The van der Waals surface area contributed by atoms with E-state index in [1.54, 1.807) is 6.92 Å². The van der Waals surface area contributed by atoms with Crippen LogP contribution in [0.2, 0.25) is 0 Å². The molecular weight excluding hydrogens is 274 g/mol. The van der Waals surface area contributed by atoms with E-state index in [0.29, 0.717) is 19.1 Å². The van der Waals surface area contributed by atoms with Gasteiger partial charge in [0.05, 0.1) is 13.2 Å². The second-order valence-electron chi connectivity index (χ2n) is 5.73. The lowest BCUT2D eigenvalue weighted by molar-refractivity contribution is 0.175. The highest BCUT2D eigenvalue weighted by atomic mass is 19.2. The van der Waals surface area contributed by atoms with E-state index < -0.39 is 11.6 Å². The maximum atomic E-state index is 13.9. The molecule has 0 spiro atoms. The van der Waals surface area contributed by atoms with Crippen LogP contribution in [-0.4, -0.2) is 13.2 Å². The number of hydrogen-bond donors (Lipinski definition) is 0. The standard InChI is InChI=1S/C17H24F2O2/c1-3-12-5-7-13(8-6-12)11-21-15-10-9-14(20-4-2)16(18)17(15)19/h9-10,12-13H,3-8,11H2,1-2H3. The lowest BCUT2D eigenvalue weighted by Gasteiger charge is -2.27. The maximum Gasteiger partial charge on any atom is 0.204 e. The van der Waals surface area contributed by atoms with E-state index in [2.05, 4.69) is 6.92 Å². The fraction of sp³-hybridized carbons (Fsp3) is 0.647. The molecular formula is C17H24F2O2. The van der Waals surface area contributed by atoms with Crippen molar-refractivity contribution in [2.75, 3.05) is 13.2 Å². The summed E-state index contributed by atoms with van der Waals surface area (Å²) in [7, 11) is 0. The molecule has 0 bridgehead atoms. The fourth-order valence-electron chi connectivity index (χ4n) is 2.91. The zero-order valence-electron chi connectivity index (χ0n) is 12.8. The third kappa shape index (κ3) is 4.08. The molecule has 0 unspecified atom stereocenters. The quantitative estimate of drug-likeness (QED) is 0.739. The van der Waals surface area contributed by atoms with Gasteiger partial charge in [0.2, 0.25) is 11.6 Å². The summed E-state index contributed by atoms with van der Waals surface area (Å²) in [5.74, 6) is -0.741. The van der Waals surface area contributed by atoms with Crippen LogP contribution in [0.4, 0.5) is 8.78 Å². The molecule has 0 aromatic heterocycles. The summed E-state index contributed by atoms with van der Waals surface area (Å²) in [6.07, 6.45) is 5.88. The van der Waals surface area contributed by atoms with Crippen LogP contribution in [-0.2, 0) is 0 Å². The molecule has 0 atom stereocenters. The fourth-order valence-corrected chi connectivity index (χ4v) is 2.91. The molecule has 1 aliphatic rings. The van der Waals surface area contributed by atoms with Gasteiger partial charge in [0.15, 0.2) is 11.5 Å². The van der Waals surface area contributed by atoms with Gasteiger partial charge >= 0.3 is 0 Å². The second kappa shape index (κ2) is 7.62. The van der Waals surface area contributed by atoms with Crippen LogP contribution in [0.1, 0.15) is 46.0 Å². The van der Waals surface area contributed by atoms with Crippen molar-refractivity contribution in [1.29, 1.82) is 0 Å². The van der Waals surface area contributed by atoms with Crippen molar-refractivity contribution in [3.63, 3.8) is 0 Å². The van der Waals surface area contributed by atoms with Crippen molar-refractivity contribution >= 4 is 0 Å². The maximum absolute atomic E-state index is 13.9. The van der Waals surface area contributed by atoms with Crippen molar-refractivity contribution in [1.82, 2.24) is 0 Å². The number of benzene rings is 1. The smallest absolute Gasteiger partial charge is 0.204 e. The summed E-state index contributed by atoms with van der Waals surface area (Å²) in [5, 5.41) is 0. The molecule has 21 heavy (non-hydrogen) atoms. The lowest BCUT2D eigenvalue weighted by atomic mass is 9.81. The average Bonchev–Trinajstić information content (AvgIpc) is 2.52. The summed E-state index contributed by atoms with van der Waals surface area (Å²) in [4.78, 5) is 0. The van der Waals surface area contributed by atoms with Crippen molar-refractivity contribution in [3.05, 3.63) is 23.8 Å². The first kappa shape index (κ1) is 16.1. The SMILES string of the molecule is CCOc1ccc(OCC2CCC(CC)CC2)c(F)c1F. The molecule has 0 N–H and O–H groups in total. The minimum absolute atomic E-state index is 0.0198. The molecule has 1 aliphatic carbocycles. The lowest BCUT2D eigenvalue weighted by Crippen LogP contribution is -2.20. The molecule has 2 nitrogen and oxygen atoms in total. The largest absolute Gasteiger partial charge is 0.491 e. The Bertz CT molecular complexity index is 454. The molecule has 1 saturated carbocycles. The third-order valence-electron chi connectivity index (χ3n) is 4.33. The minimum atomic E-state index is -0.968. The molecule has 0 radical (unpaired) electrons. The molecule has 1 aromatic carbocycles. The van der Waals surface area contributed by atoms with Crippen LogP contribution >= 0.6 is 0 Å². The average molecular weight is 298 g/mol. The Labute approximate surface area is 125 Å². The van der Waals surface area contributed by atoms with Crippen molar-refractivity contribution in [2.24, 2.45) is 11.8 Å². The molecule has 4 heteroatoms. The second-order valence-corrected chi connectivity index (χ2v) is 5.73. The predicted octanol–water partition coefficient (Wildman–Crippen LogP) is 4.96. The van der Waals surface area contributed by atoms with Crippen LogP contribution in [0.15, 0.2) is 12.1 Å². The van der Waals surface area contributed by atoms with E-state index in [9.17, 15) is 8.78 Å². The molecule has 0 amide bonds. The van der Waals surface area contributed by atoms with E-state index in [1.807, 2.05) is 0 Å². The predicted molar refractivity (Wildman–Crippen MR) is 78.8 cm³/mol. The van der Waals surface area contributed by atoms with Crippen molar-refractivity contribution in [3.8, 4) is 11.5 Å². The Morgan fingerprint density at radius 3 is 1.95 bits per heavy atom. The van der Waals surface area contributed by atoms with Gasteiger partial charge in [-0.25, -0.2) is 0 Å². The van der Waals surface area contributed by atoms with Crippen LogP contribution in [0.5, 0.6) is 11.5 Å². The van der Waals surface area contributed by atoms with E-state index in [-0.39, 0.29) is 11.5 Å².